The quantitative estimate of drug-likeness (QED) is 0.761. The number of ketones is 1. The lowest BCUT2D eigenvalue weighted by atomic mass is 9.66. The van der Waals surface area contributed by atoms with Crippen LogP contribution in [0.3, 0.4) is 0 Å². The molecule has 0 amide bonds. The average molecular weight is 236 g/mol. The summed E-state index contributed by atoms with van der Waals surface area (Å²) in [6.45, 7) is 8.59. The smallest absolute Gasteiger partial charge is 0.156 e. The van der Waals surface area contributed by atoms with E-state index in [1.807, 2.05) is 6.08 Å². The van der Waals surface area contributed by atoms with Crippen molar-refractivity contribution >= 4 is 5.78 Å². The van der Waals surface area contributed by atoms with Crippen LogP contribution in [0.5, 0.6) is 0 Å². The maximum atomic E-state index is 11.6. The Morgan fingerprint density at radius 3 is 2.76 bits per heavy atom. The van der Waals surface area contributed by atoms with Gasteiger partial charge in [0.25, 0.3) is 0 Å². The summed E-state index contributed by atoms with van der Waals surface area (Å²) in [5, 5.41) is 8.83. The highest BCUT2D eigenvalue weighted by Crippen LogP contribution is 2.42. The van der Waals surface area contributed by atoms with Crippen LogP contribution in [0.2, 0.25) is 0 Å². The standard InChI is InChI=1S/C15H24O2/c1-11(7-8-16)5-6-14-12(2)9-13(17)10-15(14,3)4/h7,9,14,16H,5-6,8,10H2,1-4H3/b11-7+/t14-/m0/s1. The highest BCUT2D eigenvalue weighted by molar-refractivity contribution is 5.91. The van der Waals surface area contributed by atoms with Gasteiger partial charge < -0.3 is 5.11 Å². The van der Waals surface area contributed by atoms with E-state index in [1.165, 1.54) is 11.1 Å². The number of hydrogen-bond acceptors (Lipinski definition) is 2. The molecule has 2 nitrogen and oxygen atoms in total. The first-order valence-corrected chi connectivity index (χ1v) is 6.34. The topological polar surface area (TPSA) is 37.3 Å². The molecule has 0 heterocycles. The number of allylic oxidation sites excluding steroid dienone is 3. The van der Waals surface area contributed by atoms with Crippen LogP contribution in [0.1, 0.15) is 47.0 Å². The molecule has 0 aliphatic heterocycles. The summed E-state index contributed by atoms with van der Waals surface area (Å²) in [4.78, 5) is 11.6. The molecule has 0 aromatic carbocycles. The molecule has 0 aromatic rings. The second-order valence-electron chi connectivity index (χ2n) is 5.84. The van der Waals surface area contributed by atoms with Crippen molar-refractivity contribution in [3.8, 4) is 0 Å². The molecule has 0 bridgehead atoms. The molecule has 0 fully saturated rings. The van der Waals surface area contributed by atoms with Crippen LogP contribution in [0.25, 0.3) is 0 Å². The summed E-state index contributed by atoms with van der Waals surface area (Å²) in [5.74, 6) is 0.730. The van der Waals surface area contributed by atoms with Crippen LogP contribution in [0, 0.1) is 11.3 Å². The van der Waals surface area contributed by atoms with Gasteiger partial charge in [-0.1, -0.05) is 31.1 Å². The lowest BCUT2D eigenvalue weighted by Gasteiger charge is -2.38. The van der Waals surface area contributed by atoms with Gasteiger partial charge in [0.1, 0.15) is 0 Å². The molecule has 0 saturated carbocycles. The molecule has 1 rings (SSSR count). The van der Waals surface area contributed by atoms with E-state index in [2.05, 4.69) is 27.7 Å². The van der Waals surface area contributed by atoms with Gasteiger partial charge in [0, 0.05) is 6.42 Å². The monoisotopic (exact) mass is 236 g/mol. The Bertz CT molecular complexity index is 348. The molecule has 0 radical (unpaired) electrons. The van der Waals surface area contributed by atoms with Crippen molar-refractivity contribution in [1.82, 2.24) is 0 Å². The molecule has 1 aliphatic rings. The highest BCUT2D eigenvalue weighted by atomic mass is 16.2. The van der Waals surface area contributed by atoms with Crippen molar-refractivity contribution in [2.45, 2.75) is 47.0 Å². The van der Waals surface area contributed by atoms with Crippen molar-refractivity contribution in [2.24, 2.45) is 11.3 Å². The Morgan fingerprint density at radius 1 is 1.59 bits per heavy atom. The summed E-state index contributed by atoms with van der Waals surface area (Å²) in [7, 11) is 0. The SMILES string of the molecule is CC1=CC(=O)CC(C)(C)[C@H]1CC/C(C)=C/CO. The summed E-state index contributed by atoms with van der Waals surface area (Å²) in [5.41, 5.74) is 2.51. The molecule has 96 valence electrons. The van der Waals surface area contributed by atoms with Crippen molar-refractivity contribution in [1.29, 1.82) is 0 Å². The first-order chi connectivity index (χ1) is 7.86. The average Bonchev–Trinajstić information content (AvgIpc) is 2.14. The Morgan fingerprint density at radius 2 is 2.24 bits per heavy atom. The van der Waals surface area contributed by atoms with E-state index in [0.29, 0.717) is 12.3 Å². The second kappa shape index (κ2) is 5.63. The molecular formula is C15H24O2. The Balaban J connectivity index is 2.72. The van der Waals surface area contributed by atoms with Gasteiger partial charge in [-0.05, 0) is 44.1 Å². The highest BCUT2D eigenvalue weighted by Gasteiger charge is 2.35. The van der Waals surface area contributed by atoms with Gasteiger partial charge in [-0.15, -0.1) is 0 Å². The molecule has 0 saturated heterocycles. The summed E-state index contributed by atoms with van der Waals surface area (Å²) >= 11 is 0. The molecule has 0 unspecified atom stereocenters. The number of carbonyl (C=O) groups is 1. The van der Waals surface area contributed by atoms with E-state index in [9.17, 15) is 4.79 Å². The van der Waals surface area contributed by atoms with Crippen LogP contribution in [-0.4, -0.2) is 17.5 Å². The maximum absolute atomic E-state index is 11.6. The van der Waals surface area contributed by atoms with E-state index >= 15 is 0 Å². The lowest BCUT2D eigenvalue weighted by molar-refractivity contribution is -0.117. The van der Waals surface area contributed by atoms with E-state index in [4.69, 9.17) is 5.11 Å². The van der Waals surface area contributed by atoms with Crippen molar-refractivity contribution in [3.05, 3.63) is 23.3 Å². The predicted octanol–water partition coefficient (Wildman–Crippen LogP) is 3.27. The molecule has 1 N–H and O–H groups in total. The fourth-order valence-electron chi connectivity index (χ4n) is 2.84. The minimum absolute atomic E-state index is 0.0649. The van der Waals surface area contributed by atoms with Gasteiger partial charge in [0.2, 0.25) is 0 Å². The third-order valence-electron chi connectivity index (χ3n) is 3.78. The Labute approximate surface area is 104 Å². The maximum Gasteiger partial charge on any atom is 0.156 e. The normalized spacial score (nSPS) is 24.8. The molecule has 1 atom stereocenters. The van der Waals surface area contributed by atoms with Crippen molar-refractivity contribution < 1.29 is 9.90 Å². The lowest BCUT2D eigenvalue weighted by Crippen LogP contribution is -2.31. The molecule has 17 heavy (non-hydrogen) atoms. The van der Waals surface area contributed by atoms with E-state index in [0.717, 1.165) is 12.8 Å². The Kier molecular flexibility index (Phi) is 4.70. The number of carbonyl (C=O) groups excluding carboxylic acids is 1. The summed E-state index contributed by atoms with van der Waals surface area (Å²) in [6, 6.07) is 0. The third-order valence-corrected chi connectivity index (χ3v) is 3.78. The first kappa shape index (κ1) is 14.2. The number of aliphatic hydroxyl groups is 1. The molecule has 0 spiro atoms. The van der Waals surface area contributed by atoms with E-state index in [1.54, 1.807) is 6.08 Å². The van der Waals surface area contributed by atoms with Gasteiger partial charge in [0.05, 0.1) is 6.61 Å². The minimum atomic E-state index is 0.0649. The zero-order chi connectivity index (χ0) is 13.1. The summed E-state index contributed by atoms with van der Waals surface area (Å²) in [6.07, 6.45) is 6.37. The fourth-order valence-corrected chi connectivity index (χ4v) is 2.84. The largest absolute Gasteiger partial charge is 0.392 e. The van der Waals surface area contributed by atoms with Gasteiger partial charge >= 0.3 is 0 Å². The number of hydrogen-bond donors (Lipinski definition) is 1. The molecule has 1 aliphatic carbocycles. The van der Waals surface area contributed by atoms with Crippen LogP contribution < -0.4 is 0 Å². The fraction of sp³-hybridized carbons (Fsp3) is 0.667. The van der Waals surface area contributed by atoms with Gasteiger partial charge in [-0.25, -0.2) is 0 Å². The number of aliphatic hydroxyl groups excluding tert-OH is 1. The van der Waals surface area contributed by atoms with E-state index < -0.39 is 0 Å². The van der Waals surface area contributed by atoms with Crippen LogP contribution in [0.4, 0.5) is 0 Å². The Hall–Kier alpha value is -0.890. The van der Waals surface area contributed by atoms with Crippen LogP contribution in [-0.2, 0) is 4.79 Å². The first-order valence-electron chi connectivity index (χ1n) is 6.34. The minimum Gasteiger partial charge on any atom is -0.392 e. The van der Waals surface area contributed by atoms with E-state index in [-0.39, 0.29) is 17.8 Å². The van der Waals surface area contributed by atoms with Gasteiger partial charge in [-0.2, -0.15) is 0 Å². The molecule has 2 heteroatoms. The van der Waals surface area contributed by atoms with Crippen LogP contribution >= 0.6 is 0 Å². The molecular weight excluding hydrogens is 212 g/mol. The van der Waals surface area contributed by atoms with Crippen LogP contribution in [0.15, 0.2) is 23.3 Å². The zero-order valence-corrected chi connectivity index (χ0v) is 11.4. The molecule has 0 aromatic heterocycles. The number of rotatable bonds is 4. The van der Waals surface area contributed by atoms with Crippen molar-refractivity contribution in [3.63, 3.8) is 0 Å². The van der Waals surface area contributed by atoms with Gasteiger partial charge in [-0.3, -0.25) is 4.79 Å². The van der Waals surface area contributed by atoms with Gasteiger partial charge in [0.15, 0.2) is 5.78 Å². The third kappa shape index (κ3) is 3.81. The second-order valence-corrected chi connectivity index (χ2v) is 5.84. The summed E-state index contributed by atoms with van der Waals surface area (Å²) < 4.78 is 0. The van der Waals surface area contributed by atoms with Crippen molar-refractivity contribution in [2.75, 3.05) is 6.61 Å². The predicted molar refractivity (Wildman–Crippen MR) is 70.7 cm³/mol. The zero-order valence-electron chi connectivity index (χ0n) is 11.4.